The summed E-state index contributed by atoms with van der Waals surface area (Å²) in [6.07, 6.45) is 1.98. The molecule has 0 spiro atoms. The van der Waals surface area contributed by atoms with Crippen LogP contribution in [0.5, 0.6) is 0 Å². The highest BCUT2D eigenvalue weighted by Gasteiger charge is 2.13. The van der Waals surface area contributed by atoms with Gasteiger partial charge in [0.05, 0.1) is 23.6 Å². The summed E-state index contributed by atoms with van der Waals surface area (Å²) in [5.41, 5.74) is 1.28. The molecule has 5 heteroatoms. The van der Waals surface area contributed by atoms with Crippen LogP contribution in [-0.4, -0.2) is 11.7 Å². The van der Waals surface area contributed by atoms with Crippen molar-refractivity contribution in [1.29, 1.82) is 5.26 Å². The number of hydrogen-bond acceptors (Lipinski definition) is 4. The van der Waals surface area contributed by atoms with E-state index in [0.717, 1.165) is 10.6 Å². The second-order valence-electron chi connectivity index (χ2n) is 4.10. The number of hydrogen-bond donors (Lipinski definition) is 1. The molecule has 0 unspecified atom stereocenters. The molecule has 0 bridgehead atoms. The van der Waals surface area contributed by atoms with Crippen molar-refractivity contribution in [2.24, 2.45) is 0 Å². The van der Waals surface area contributed by atoms with Crippen LogP contribution < -0.4 is 5.32 Å². The number of carbonyl (C=O) groups excluding carboxylic acids is 1. The Kier molecular flexibility index (Phi) is 4.85. The van der Waals surface area contributed by atoms with E-state index in [2.05, 4.69) is 11.4 Å². The number of aryl methyl sites for hydroxylation is 1. The molecule has 20 heavy (non-hydrogen) atoms. The van der Waals surface area contributed by atoms with Crippen molar-refractivity contribution in [3.63, 3.8) is 0 Å². The van der Waals surface area contributed by atoms with E-state index in [-0.39, 0.29) is 5.91 Å². The minimum Gasteiger partial charge on any atom is -0.469 e. The Morgan fingerprint density at radius 2 is 2.20 bits per heavy atom. The van der Waals surface area contributed by atoms with Crippen LogP contribution in [0.3, 0.4) is 0 Å². The van der Waals surface area contributed by atoms with Gasteiger partial charge in [0.1, 0.15) is 5.76 Å². The number of para-hydroxylation sites is 1. The largest absolute Gasteiger partial charge is 0.469 e. The predicted octanol–water partition coefficient (Wildman–Crippen LogP) is 3.85. The van der Waals surface area contributed by atoms with Crippen LogP contribution in [0.25, 0.3) is 0 Å². The van der Waals surface area contributed by atoms with Crippen molar-refractivity contribution >= 4 is 23.4 Å². The van der Waals surface area contributed by atoms with Gasteiger partial charge in [-0.25, -0.2) is 0 Å². The summed E-state index contributed by atoms with van der Waals surface area (Å²) in [5, 5.41) is 11.4. The maximum Gasteiger partial charge on any atom is 0.259 e. The normalized spacial score (nSPS) is 10.0. The molecule has 4 nitrogen and oxygen atoms in total. The van der Waals surface area contributed by atoms with E-state index < -0.39 is 0 Å². The van der Waals surface area contributed by atoms with E-state index in [1.165, 1.54) is 6.26 Å². The van der Waals surface area contributed by atoms with Crippen molar-refractivity contribution in [2.45, 2.75) is 18.2 Å². The van der Waals surface area contributed by atoms with Crippen molar-refractivity contribution in [1.82, 2.24) is 0 Å². The van der Waals surface area contributed by atoms with Crippen LogP contribution in [0.15, 0.2) is 45.9 Å². The number of nitriles is 1. The number of amides is 1. The Balaban J connectivity index is 2.11. The third-order valence-corrected chi connectivity index (χ3v) is 3.79. The molecular formula is C15H14N2O2S. The third-order valence-electron chi connectivity index (χ3n) is 2.71. The summed E-state index contributed by atoms with van der Waals surface area (Å²) in [6, 6.07) is 11.3. The van der Waals surface area contributed by atoms with Crippen molar-refractivity contribution in [2.75, 3.05) is 11.1 Å². The zero-order chi connectivity index (χ0) is 14.4. The molecule has 0 aliphatic carbocycles. The topological polar surface area (TPSA) is 66.0 Å². The number of nitrogens with zero attached hydrogens (tertiary/aromatic N) is 1. The molecular weight excluding hydrogens is 272 g/mol. The quantitative estimate of drug-likeness (QED) is 0.669. The lowest BCUT2D eigenvalue weighted by Gasteiger charge is -2.09. The Hall–Kier alpha value is -2.19. The summed E-state index contributed by atoms with van der Waals surface area (Å²) >= 11 is 1.55. The van der Waals surface area contributed by atoms with Gasteiger partial charge in [0.15, 0.2) is 0 Å². The SMILES string of the molecule is Cc1occc1C(=O)Nc1ccccc1SCCC#N. The van der Waals surface area contributed by atoms with E-state index in [0.29, 0.717) is 23.5 Å². The fraction of sp³-hybridized carbons (Fsp3) is 0.200. The predicted molar refractivity (Wildman–Crippen MR) is 78.8 cm³/mol. The smallest absolute Gasteiger partial charge is 0.259 e. The fourth-order valence-electron chi connectivity index (χ4n) is 1.71. The van der Waals surface area contributed by atoms with Crippen molar-refractivity contribution in [3.8, 4) is 6.07 Å². The number of nitrogens with one attached hydrogen (secondary N) is 1. The number of furan rings is 1. The Morgan fingerprint density at radius 3 is 2.90 bits per heavy atom. The van der Waals surface area contributed by atoms with Gasteiger partial charge in [0, 0.05) is 17.1 Å². The molecule has 0 aliphatic rings. The number of anilines is 1. The molecule has 0 saturated carbocycles. The van der Waals surface area contributed by atoms with E-state index in [1.807, 2.05) is 24.3 Å². The van der Waals surface area contributed by atoms with Gasteiger partial charge in [-0.05, 0) is 25.1 Å². The van der Waals surface area contributed by atoms with Crippen LogP contribution in [0, 0.1) is 18.3 Å². The Morgan fingerprint density at radius 1 is 1.40 bits per heavy atom. The van der Waals surface area contributed by atoms with Gasteiger partial charge < -0.3 is 9.73 Å². The second kappa shape index (κ2) is 6.83. The number of rotatable bonds is 5. The molecule has 0 fully saturated rings. The van der Waals surface area contributed by atoms with E-state index in [9.17, 15) is 4.79 Å². The van der Waals surface area contributed by atoms with Crippen LogP contribution in [-0.2, 0) is 0 Å². The van der Waals surface area contributed by atoms with Gasteiger partial charge in [-0.15, -0.1) is 11.8 Å². The first-order valence-corrected chi connectivity index (χ1v) is 7.15. The minimum absolute atomic E-state index is 0.190. The van der Waals surface area contributed by atoms with Gasteiger partial charge in [-0.1, -0.05) is 12.1 Å². The molecule has 0 saturated heterocycles. The van der Waals surface area contributed by atoms with Crippen LogP contribution in [0.2, 0.25) is 0 Å². The second-order valence-corrected chi connectivity index (χ2v) is 5.23. The monoisotopic (exact) mass is 286 g/mol. The molecule has 0 aliphatic heterocycles. The molecule has 1 heterocycles. The van der Waals surface area contributed by atoms with Gasteiger partial charge in [-0.2, -0.15) is 5.26 Å². The third kappa shape index (κ3) is 3.43. The average Bonchev–Trinajstić information content (AvgIpc) is 2.87. The molecule has 1 amide bonds. The highest BCUT2D eigenvalue weighted by Crippen LogP contribution is 2.28. The van der Waals surface area contributed by atoms with Crippen LogP contribution in [0.4, 0.5) is 5.69 Å². The first kappa shape index (κ1) is 14.2. The molecule has 1 aromatic heterocycles. The molecule has 102 valence electrons. The van der Waals surface area contributed by atoms with E-state index >= 15 is 0 Å². The van der Waals surface area contributed by atoms with Crippen molar-refractivity contribution < 1.29 is 9.21 Å². The standard InChI is InChI=1S/C15H14N2O2S/c1-11-12(7-9-19-11)15(18)17-13-5-2-3-6-14(13)20-10-4-8-16/h2-3,5-7,9H,4,10H2,1H3,(H,17,18). The summed E-state index contributed by atoms with van der Waals surface area (Å²) in [4.78, 5) is 13.1. The summed E-state index contributed by atoms with van der Waals surface area (Å²) in [5.74, 6) is 1.11. The average molecular weight is 286 g/mol. The lowest BCUT2D eigenvalue weighted by atomic mass is 10.2. The van der Waals surface area contributed by atoms with Crippen LogP contribution >= 0.6 is 11.8 Å². The first-order valence-electron chi connectivity index (χ1n) is 6.16. The zero-order valence-corrected chi connectivity index (χ0v) is 11.9. The summed E-state index contributed by atoms with van der Waals surface area (Å²) in [7, 11) is 0. The molecule has 0 radical (unpaired) electrons. The highest BCUT2D eigenvalue weighted by molar-refractivity contribution is 7.99. The minimum atomic E-state index is -0.190. The number of carbonyl (C=O) groups is 1. The van der Waals surface area contributed by atoms with Gasteiger partial charge in [0.2, 0.25) is 0 Å². The van der Waals surface area contributed by atoms with E-state index in [4.69, 9.17) is 9.68 Å². The van der Waals surface area contributed by atoms with Gasteiger partial charge in [-0.3, -0.25) is 4.79 Å². The molecule has 2 rings (SSSR count). The fourth-order valence-corrected chi connectivity index (χ4v) is 2.58. The zero-order valence-electron chi connectivity index (χ0n) is 11.1. The maximum atomic E-state index is 12.1. The molecule has 2 aromatic rings. The van der Waals surface area contributed by atoms with Gasteiger partial charge >= 0.3 is 0 Å². The molecule has 1 N–H and O–H groups in total. The summed E-state index contributed by atoms with van der Waals surface area (Å²) < 4.78 is 5.13. The lowest BCUT2D eigenvalue weighted by molar-refractivity contribution is 0.102. The van der Waals surface area contributed by atoms with E-state index in [1.54, 1.807) is 24.8 Å². The number of benzene rings is 1. The molecule has 1 aromatic carbocycles. The van der Waals surface area contributed by atoms with Gasteiger partial charge in [0.25, 0.3) is 5.91 Å². The van der Waals surface area contributed by atoms with Crippen molar-refractivity contribution in [3.05, 3.63) is 47.9 Å². The molecule has 0 atom stereocenters. The highest BCUT2D eigenvalue weighted by atomic mass is 32.2. The lowest BCUT2D eigenvalue weighted by Crippen LogP contribution is -2.12. The maximum absolute atomic E-state index is 12.1. The Bertz CT molecular complexity index is 643. The first-order chi connectivity index (χ1) is 9.72. The summed E-state index contributed by atoms with van der Waals surface area (Å²) in [6.45, 7) is 1.75. The van der Waals surface area contributed by atoms with Crippen LogP contribution in [0.1, 0.15) is 22.5 Å². The number of thioether (sulfide) groups is 1. The Labute approximate surface area is 121 Å².